The van der Waals surface area contributed by atoms with Crippen LogP contribution in [0.15, 0.2) is 45.8 Å². The summed E-state index contributed by atoms with van der Waals surface area (Å²) < 4.78 is 26.7. The van der Waals surface area contributed by atoms with Crippen molar-refractivity contribution in [3.05, 3.63) is 51.5 Å². The van der Waals surface area contributed by atoms with Crippen molar-refractivity contribution in [3.8, 4) is 0 Å². The number of amides is 2. The lowest BCUT2D eigenvalue weighted by molar-refractivity contribution is -0.131. The van der Waals surface area contributed by atoms with Gasteiger partial charge in [-0.05, 0) is 52.2 Å². The van der Waals surface area contributed by atoms with Gasteiger partial charge in [0.25, 0.3) is 0 Å². The molecule has 1 saturated heterocycles. The summed E-state index contributed by atoms with van der Waals surface area (Å²) in [6, 6.07) is 11.0. The zero-order valence-electron chi connectivity index (χ0n) is 19.0. The molecule has 34 heavy (non-hydrogen) atoms. The molecule has 0 radical (unpaired) electrons. The van der Waals surface area contributed by atoms with Gasteiger partial charge in [-0.25, -0.2) is 8.42 Å². The van der Waals surface area contributed by atoms with E-state index in [-0.39, 0.29) is 28.9 Å². The van der Waals surface area contributed by atoms with Crippen LogP contribution in [-0.4, -0.2) is 63.6 Å². The number of rotatable bonds is 6. The Morgan fingerprint density at radius 3 is 2.38 bits per heavy atom. The van der Waals surface area contributed by atoms with Gasteiger partial charge >= 0.3 is 0 Å². The van der Waals surface area contributed by atoms with Crippen molar-refractivity contribution in [1.29, 1.82) is 0 Å². The summed E-state index contributed by atoms with van der Waals surface area (Å²) >= 11 is 9.67. The van der Waals surface area contributed by atoms with E-state index in [0.29, 0.717) is 60.7 Å². The minimum Gasteiger partial charge on any atom is -0.367 e. The van der Waals surface area contributed by atoms with Crippen molar-refractivity contribution < 1.29 is 18.0 Å². The molecule has 10 heteroatoms. The lowest BCUT2D eigenvalue weighted by Gasteiger charge is -2.36. The fourth-order valence-electron chi connectivity index (χ4n) is 4.47. The standard InChI is InChI=1S/C24H27BrClN3O4S/c1-2-23(30)29-9-7-17-15-18(25)22(16-21(17)29)34(32,33)14-8-24(31)28-12-10-27(11-13-28)20-6-4-3-5-19(20)26/h3-6,15-16H,2,7-14H2,1H3. The summed E-state index contributed by atoms with van der Waals surface area (Å²) in [5.74, 6) is -0.492. The van der Waals surface area contributed by atoms with Crippen LogP contribution in [0.25, 0.3) is 0 Å². The highest BCUT2D eigenvalue weighted by molar-refractivity contribution is 9.10. The van der Waals surface area contributed by atoms with Crippen LogP contribution in [0.1, 0.15) is 25.3 Å². The lowest BCUT2D eigenvalue weighted by Crippen LogP contribution is -2.49. The number of fused-ring (bicyclic) bond motifs is 1. The van der Waals surface area contributed by atoms with Crippen molar-refractivity contribution in [1.82, 2.24) is 4.90 Å². The number of carbonyl (C=O) groups is 2. The quantitative estimate of drug-likeness (QED) is 0.528. The molecule has 2 aliphatic heterocycles. The minimum absolute atomic E-state index is 0.0319. The molecular weight excluding hydrogens is 542 g/mol. The van der Waals surface area contributed by atoms with Crippen LogP contribution in [0.3, 0.4) is 0 Å². The second kappa shape index (κ2) is 10.3. The monoisotopic (exact) mass is 567 g/mol. The van der Waals surface area contributed by atoms with Gasteiger partial charge in [-0.2, -0.15) is 0 Å². The number of anilines is 2. The number of sulfone groups is 1. The maximum absolute atomic E-state index is 13.1. The van der Waals surface area contributed by atoms with Crippen LogP contribution >= 0.6 is 27.5 Å². The van der Waals surface area contributed by atoms with E-state index in [2.05, 4.69) is 20.8 Å². The summed E-state index contributed by atoms with van der Waals surface area (Å²) in [4.78, 5) is 30.6. The summed E-state index contributed by atoms with van der Waals surface area (Å²) in [7, 11) is -3.72. The van der Waals surface area contributed by atoms with Gasteiger partial charge in [0.05, 0.1) is 21.4 Å². The second-order valence-corrected chi connectivity index (χ2v) is 11.8. The molecule has 2 aromatic carbocycles. The minimum atomic E-state index is -3.72. The fraction of sp³-hybridized carbons (Fsp3) is 0.417. The van der Waals surface area contributed by atoms with E-state index in [4.69, 9.17) is 11.6 Å². The Morgan fingerprint density at radius 2 is 1.71 bits per heavy atom. The average Bonchev–Trinajstić information content (AvgIpc) is 3.24. The number of nitrogens with zero attached hydrogens (tertiary/aromatic N) is 3. The van der Waals surface area contributed by atoms with E-state index in [0.717, 1.165) is 11.3 Å². The molecular formula is C24H27BrClN3O4S. The molecule has 0 saturated carbocycles. The van der Waals surface area contributed by atoms with Gasteiger partial charge in [-0.15, -0.1) is 0 Å². The first kappa shape index (κ1) is 25.0. The number of hydrogen-bond donors (Lipinski definition) is 0. The Morgan fingerprint density at radius 1 is 1.00 bits per heavy atom. The van der Waals surface area contributed by atoms with Crippen LogP contribution in [0.2, 0.25) is 5.02 Å². The van der Waals surface area contributed by atoms with Crippen molar-refractivity contribution in [2.45, 2.75) is 31.1 Å². The Bertz CT molecular complexity index is 1210. The summed E-state index contributed by atoms with van der Waals surface area (Å²) in [5.41, 5.74) is 2.53. The van der Waals surface area contributed by atoms with Gasteiger partial charge in [0.2, 0.25) is 11.8 Å². The highest BCUT2D eigenvalue weighted by atomic mass is 79.9. The fourth-order valence-corrected chi connectivity index (χ4v) is 7.17. The molecule has 182 valence electrons. The molecule has 7 nitrogen and oxygen atoms in total. The van der Waals surface area contributed by atoms with Gasteiger partial charge in [0, 0.05) is 55.7 Å². The molecule has 4 rings (SSSR count). The molecule has 0 bridgehead atoms. The summed E-state index contributed by atoms with van der Waals surface area (Å²) in [6.45, 7) is 4.65. The van der Waals surface area contributed by atoms with Crippen LogP contribution < -0.4 is 9.80 Å². The Labute approximate surface area is 213 Å². The molecule has 2 heterocycles. The third-order valence-electron chi connectivity index (χ3n) is 6.38. The molecule has 0 aliphatic carbocycles. The van der Waals surface area contributed by atoms with Gasteiger partial charge < -0.3 is 14.7 Å². The SMILES string of the molecule is CCC(=O)N1CCc2cc(Br)c(S(=O)(=O)CCC(=O)N3CCN(c4ccccc4Cl)CC3)cc21. The predicted octanol–water partition coefficient (Wildman–Crippen LogP) is 3.91. The van der Waals surface area contributed by atoms with Gasteiger partial charge in [0.15, 0.2) is 9.84 Å². The molecule has 1 fully saturated rings. The van der Waals surface area contributed by atoms with Crippen LogP contribution in [0, 0.1) is 0 Å². The van der Waals surface area contributed by atoms with E-state index in [1.165, 1.54) is 0 Å². The first-order valence-electron chi connectivity index (χ1n) is 11.3. The van der Waals surface area contributed by atoms with Gasteiger partial charge in [-0.3, -0.25) is 9.59 Å². The average molecular weight is 569 g/mol. The molecule has 0 spiro atoms. The second-order valence-electron chi connectivity index (χ2n) is 8.45. The molecule has 0 atom stereocenters. The van der Waals surface area contributed by atoms with E-state index in [1.807, 2.05) is 24.3 Å². The van der Waals surface area contributed by atoms with Gasteiger partial charge in [0.1, 0.15) is 0 Å². The first-order chi connectivity index (χ1) is 16.2. The van der Waals surface area contributed by atoms with Crippen LogP contribution in [0.5, 0.6) is 0 Å². The van der Waals surface area contributed by atoms with E-state index in [9.17, 15) is 18.0 Å². The Balaban J connectivity index is 1.40. The largest absolute Gasteiger partial charge is 0.367 e. The Kier molecular flexibility index (Phi) is 7.54. The summed E-state index contributed by atoms with van der Waals surface area (Å²) in [6.07, 6.45) is 0.962. The van der Waals surface area contributed by atoms with Crippen molar-refractivity contribution in [2.75, 3.05) is 48.3 Å². The molecule has 2 amide bonds. The maximum atomic E-state index is 13.1. The van der Waals surface area contributed by atoms with E-state index >= 15 is 0 Å². The highest BCUT2D eigenvalue weighted by Crippen LogP contribution is 2.36. The number of halogens is 2. The smallest absolute Gasteiger partial charge is 0.226 e. The van der Waals surface area contributed by atoms with Crippen LogP contribution in [-0.2, 0) is 25.8 Å². The van der Waals surface area contributed by atoms with Crippen molar-refractivity contribution in [2.24, 2.45) is 0 Å². The zero-order chi connectivity index (χ0) is 24.5. The predicted molar refractivity (Wildman–Crippen MR) is 137 cm³/mol. The van der Waals surface area contributed by atoms with Crippen molar-refractivity contribution in [3.63, 3.8) is 0 Å². The zero-order valence-corrected chi connectivity index (χ0v) is 22.1. The third-order valence-corrected chi connectivity index (χ3v) is 9.37. The Hall–Kier alpha value is -2.10. The van der Waals surface area contributed by atoms with E-state index in [1.54, 1.807) is 28.9 Å². The maximum Gasteiger partial charge on any atom is 0.226 e. The van der Waals surface area contributed by atoms with Crippen molar-refractivity contribution >= 4 is 60.6 Å². The topological polar surface area (TPSA) is 78.0 Å². The number of para-hydroxylation sites is 1. The molecule has 0 N–H and O–H groups in total. The lowest BCUT2D eigenvalue weighted by atomic mass is 10.2. The van der Waals surface area contributed by atoms with Gasteiger partial charge in [-0.1, -0.05) is 30.7 Å². The molecule has 0 aromatic heterocycles. The van der Waals surface area contributed by atoms with E-state index < -0.39 is 9.84 Å². The number of carbonyl (C=O) groups excluding carboxylic acids is 2. The number of benzene rings is 2. The third kappa shape index (κ3) is 5.11. The summed E-state index contributed by atoms with van der Waals surface area (Å²) in [5, 5.41) is 0.674. The molecule has 0 unspecified atom stereocenters. The number of hydrogen-bond acceptors (Lipinski definition) is 5. The van der Waals surface area contributed by atoms with Crippen LogP contribution in [0.4, 0.5) is 11.4 Å². The molecule has 2 aliphatic rings. The first-order valence-corrected chi connectivity index (χ1v) is 14.2. The normalized spacial score (nSPS) is 16.0. The molecule has 2 aromatic rings. The number of piperazine rings is 1. The highest BCUT2D eigenvalue weighted by Gasteiger charge is 2.29.